The van der Waals surface area contributed by atoms with Crippen LogP contribution in [-0.2, 0) is 19.6 Å². The summed E-state index contributed by atoms with van der Waals surface area (Å²) in [5.74, 6) is 1.23. The summed E-state index contributed by atoms with van der Waals surface area (Å²) < 4.78 is 7.71. The van der Waals surface area contributed by atoms with E-state index < -0.39 is 11.4 Å². The van der Waals surface area contributed by atoms with Crippen LogP contribution < -0.4 is 27.2 Å². The molecule has 0 radical (unpaired) electrons. The van der Waals surface area contributed by atoms with E-state index in [0.29, 0.717) is 11.6 Å². The Kier molecular flexibility index (Phi) is 6.91. The van der Waals surface area contributed by atoms with Crippen LogP contribution >= 0.6 is 0 Å². The van der Waals surface area contributed by atoms with E-state index in [0.717, 1.165) is 32.5 Å². The molecule has 180 valence electrons. The number of ether oxygens (including phenoxy) is 1. The van der Waals surface area contributed by atoms with E-state index in [2.05, 4.69) is 20.3 Å². The fourth-order valence-electron chi connectivity index (χ4n) is 3.82. The topological polar surface area (TPSA) is 130 Å². The monoisotopic (exact) mass is 473 g/mol. The van der Waals surface area contributed by atoms with E-state index in [9.17, 15) is 9.59 Å². The van der Waals surface area contributed by atoms with Gasteiger partial charge in [0.15, 0.2) is 0 Å². The molecule has 0 aliphatic carbocycles. The number of aromatic nitrogens is 5. The van der Waals surface area contributed by atoms with Crippen molar-refractivity contribution in [1.29, 1.82) is 0 Å². The van der Waals surface area contributed by atoms with Gasteiger partial charge in [0.05, 0.1) is 20.2 Å². The van der Waals surface area contributed by atoms with Crippen LogP contribution in [0.1, 0.15) is 27.9 Å². The molecule has 0 saturated heterocycles. The lowest BCUT2D eigenvalue weighted by molar-refractivity contribution is 0.414. The van der Waals surface area contributed by atoms with Gasteiger partial charge in [-0.05, 0) is 54.8 Å². The molecule has 3 aromatic heterocycles. The number of aryl methyl sites for hydroxylation is 2. The van der Waals surface area contributed by atoms with Crippen molar-refractivity contribution < 1.29 is 4.74 Å². The second-order valence-corrected chi connectivity index (χ2v) is 8.18. The maximum absolute atomic E-state index is 13.5. The third-order valence-electron chi connectivity index (χ3n) is 5.64. The molecule has 4 rings (SSSR count). The van der Waals surface area contributed by atoms with E-state index in [4.69, 9.17) is 10.5 Å². The summed E-state index contributed by atoms with van der Waals surface area (Å²) in [5.41, 5.74) is 9.09. The highest BCUT2D eigenvalue weighted by Crippen LogP contribution is 2.17. The maximum Gasteiger partial charge on any atom is 0.355 e. The summed E-state index contributed by atoms with van der Waals surface area (Å²) in [4.78, 5) is 39.0. The molecule has 0 aliphatic heterocycles. The summed E-state index contributed by atoms with van der Waals surface area (Å²) in [5, 5.41) is 3.12. The van der Waals surface area contributed by atoms with Gasteiger partial charge in [0.1, 0.15) is 11.6 Å². The number of nitrogen functional groups attached to an aromatic ring is 1. The molecule has 3 N–H and O–H groups in total. The Labute approximate surface area is 202 Å². The summed E-state index contributed by atoms with van der Waals surface area (Å²) in [6.45, 7) is 4.33. The predicted molar refractivity (Wildman–Crippen MR) is 134 cm³/mol. The van der Waals surface area contributed by atoms with Gasteiger partial charge < -0.3 is 15.8 Å². The zero-order valence-electron chi connectivity index (χ0n) is 19.9. The number of rotatable bonds is 8. The van der Waals surface area contributed by atoms with Gasteiger partial charge in [-0.2, -0.15) is 4.98 Å². The molecule has 10 nitrogen and oxygen atoms in total. The molecule has 1 aromatic carbocycles. The second-order valence-electron chi connectivity index (χ2n) is 8.18. The van der Waals surface area contributed by atoms with Crippen LogP contribution in [0.3, 0.4) is 0 Å². The highest BCUT2D eigenvalue weighted by Gasteiger charge is 2.15. The lowest BCUT2D eigenvalue weighted by Gasteiger charge is -2.17. The van der Waals surface area contributed by atoms with Crippen molar-refractivity contribution in [2.45, 2.75) is 33.5 Å². The van der Waals surface area contributed by atoms with E-state index >= 15 is 0 Å². The molecule has 10 heteroatoms. The number of nitrogens with two attached hydrogens (primary N) is 1. The van der Waals surface area contributed by atoms with Crippen molar-refractivity contribution in [2.24, 2.45) is 0 Å². The van der Waals surface area contributed by atoms with Crippen molar-refractivity contribution in [3.63, 3.8) is 0 Å². The van der Waals surface area contributed by atoms with Crippen LogP contribution in [0, 0.1) is 13.8 Å². The van der Waals surface area contributed by atoms with E-state index in [1.54, 1.807) is 49.8 Å². The molecular weight excluding hydrogens is 446 g/mol. The Morgan fingerprint density at radius 2 is 1.74 bits per heavy atom. The highest BCUT2D eigenvalue weighted by atomic mass is 16.5. The van der Waals surface area contributed by atoms with Crippen LogP contribution in [0.15, 0.2) is 64.4 Å². The van der Waals surface area contributed by atoms with E-state index in [-0.39, 0.29) is 25.6 Å². The van der Waals surface area contributed by atoms with Gasteiger partial charge in [-0.25, -0.2) is 19.1 Å². The third kappa shape index (κ3) is 5.37. The summed E-state index contributed by atoms with van der Waals surface area (Å²) in [6, 6.07) is 12.7. The fraction of sp³-hybridized carbons (Fsp3) is 0.240. The van der Waals surface area contributed by atoms with Gasteiger partial charge >= 0.3 is 11.4 Å². The van der Waals surface area contributed by atoms with Crippen molar-refractivity contribution in [2.75, 3.05) is 18.2 Å². The van der Waals surface area contributed by atoms with Crippen LogP contribution in [0.2, 0.25) is 0 Å². The first-order valence-corrected chi connectivity index (χ1v) is 11.1. The minimum absolute atomic E-state index is 0.0793. The molecule has 35 heavy (non-hydrogen) atoms. The van der Waals surface area contributed by atoms with Gasteiger partial charge in [0.2, 0.25) is 5.95 Å². The number of nitrogens with zero attached hydrogens (tertiary/aromatic N) is 5. The number of anilines is 2. The molecule has 0 fully saturated rings. The number of hydrogen-bond acceptors (Lipinski definition) is 8. The Bertz CT molecular complexity index is 1420. The van der Waals surface area contributed by atoms with Gasteiger partial charge in [0.25, 0.3) is 0 Å². The van der Waals surface area contributed by atoms with Crippen molar-refractivity contribution in [3.05, 3.63) is 104 Å². The Morgan fingerprint density at radius 3 is 2.40 bits per heavy atom. The van der Waals surface area contributed by atoms with Gasteiger partial charge in [-0.1, -0.05) is 18.2 Å². The lowest BCUT2D eigenvalue weighted by Crippen LogP contribution is -2.43. The number of nitrogens with one attached hydrogen (secondary N) is 1. The molecule has 0 saturated carbocycles. The average molecular weight is 474 g/mol. The normalized spacial score (nSPS) is 10.8. The number of hydrogen-bond donors (Lipinski definition) is 2. The molecule has 4 aromatic rings. The van der Waals surface area contributed by atoms with Crippen LogP contribution in [0.5, 0.6) is 5.75 Å². The zero-order valence-corrected chi connectivity index (χ0v) is 19.9. The zero-order chi connectivity index (χ0) is 24.9. The molecule has 0 amide bonds. The number of methoxy groups -OCH3 is 1. The van der Waals surface area contributed by atoms with Crippen LogP contribution in [-0.4, -0.2) is 31.2 Å². The molecule has 0 bridgehead atoms. The van der Waals surface area contributed by atoms with Crippen molar-refractivity contribution in [3.8, 4) is 5.75 Å². The van der Waals surface area contributed by atoms with E-state index in [1.165, 1.54) is 4.57 Å². The predicted octanol–water partition coefficient (Wildman–Crippen LogP) is 2.11. The highest BCUT2D eigenvalue weighted by molar-refractivity contribution is 5.47. The molecule has 0 spiro atoms. The van der Waals surface area contributed by atoms with Crippen molar-refractivity contribution in [1.82, 2.24) is 24.1 Å². The van der Waals surface area contributed by atoms with Crippen LogP contribution in [0.25, 0.3) is 0 Å². The molecule has 0 atom stereocenters. The fourth-order valence-corrected chi connectivity index (χ4v) is 3.82. The summed E-state index contributed by atoms with van der Waals surface area (Å²) >= 11 is 0. The first-order chi connectivity index (χ1) is 16.9. The van der Waals surface area contributed by atoms with Crippen molar-refractivity contribution >= 4 is 11.8 Å². The standard InChI is InChI=1S/C25H27N7O3/c1-16-11-17(2)29-22(26)21(16)13-28-23-30-24(33)32(14-18-6-8-20(35-3)9-7-18)25(34)31(23)15-19-5-4-10-27-12-19/h4-12H,13-15H2,1-3H3,(H2,26,29)(H,28,30,33). The lowest BCUT2D eigenvalue weighted by atomic mass is 10.1. The smallest absolute Gasteiger partial charge is 0.355 e. The van der Waals surface area contributed by atoms with E-state index in [1.807, 2.05) is 26.0 Å². The largest absolute Gasteiger partial charge is 0.497 e. The minimum atomic E-state index is -0.650. The molecule has 3 heterocycles. The number of pyridine rings is 2. The van der Waals surface area contributed by atoms with Gasteiger partial charge in [0, 0.05) is 30.2 Å². The summed E-state index contributed by atoms with van der Waals surface area (Å²) in [7, 11) is 1.58. The van der Waals surface area contributed by atoms with Crippen LogP contribution in [0.4, 0.5) is 11.8 Å². The minimum Gasteiger partial charge on any atom is -0.497 e. The second kappa shape index (κ2) is 10.2. The van der Waals surface area contributed by atoms with Gasteiger partial charge in [-0.15, -0.1) is 0 Å². The maximum atomic E-state index is 13.5. The Morgan fingerprint density at radius 1 is 1.00 bits per heavy atom. The first-order valence-electron chi connectivity index (χ1n) is 11.1. The SMILES string of the molecule is COc1ccc(Cn2c(=O)nc(NCc3c(C)cc(C)nc3N)n(Cc3cccnc3)c2=O)cc1. The Hall–Kier alpha value is -4.47. The summed E-state index contributed by atoms with van der Waals surface area (Å²) in [6.07, 6.45) is 3.32. The quantitative estimate of drug-likeness (QED) is 0.398. The molecule has 0 unspecified atom stereocenters. The van der Waals surface area contributed by atoms with Gasteiger partial charge in [-0.3, -0.25) is 9.55 Å². The average Bonchev–Trinajstić information content (AvgIpc) is 2.84. The molecular formula is C25H27N7O3. The molecule has 0 aliphatic rings. The number of benzene rings is 1. The Balaban J connectivity index is 1.72. The first kappa shape index (κ1) is 23.7. The third-order valence-corrected chi connectivity index (χ3v) is 5.64.